The SMILES string of the molecule is COc1ccc(-c2cc(/C=C(\C#N)c3ccc(OC)c(OC)c3)no2)cc1. The predicted molar refractivity (Wildman–Crippen MR) is 102 cm³/mol. The topological polar surface area (TPSA) is 77.5 Å². The third kappa shape index (κ3) is 3.93. The molecule has 0 N–H and O–H groups in total. The Morgan fingerprint density at radius 2 is 1.70 bits per heavy atom. The molecule has 1 heterocycles. The number of hydrogen-bond donors (Lipinski definition) is 0. The van der Waals surface area contributed by atoms with Crippen LogP contribution in [0.2, 0.25) is 0 Å². The zero-order valence-corrected chi connectivity index (χ0v) is 15.2. The zero-order chi connectivity index (χ0) is 19.2. The molecular weight excluding hydrogens is 344 g/mol. The molecule has 0 fully saturated rings. The highest BCUT2D eigenvalue weighted by atomic mass is 16.5. The summed E-state index contributed by atoms with van der Waals surface area (Å²) in [7, 11) is 4.73. The molecule has 0 aliphatic carbocycles. The molecule has 0 saturated carbocycles. The molecule has 0 unspecified atom stereocenters. The minimum absolute atomic E-state index is 0.436. The Balaban J connectivity index is 1.90. The zero-order valence-electron chi connectivity index (χ0n) is 15.2. The van der Waals surface area contributed by atoms with E-state index >= 15 is 0 Å². The molecule has 0 spiro atoms. The third-order valence-electron chi connectivity index (χ3n) is 4.01. The summed E-state index contributed by atoms with van der Waals surface area (Å²) in [6.07, 6.45) is 1.66. The van der Waals surface area contributed by atoms with Crippen molar-refractivity contribution in [1.29, 1.82) is 5.26 Å². The number of methoxy groups -OCH3 is 3. The fraction of sp³-hybridized carbons (Fsp3) is 0.143. The van der Waals surface area contributed by atoms with E-state index in [4.69, 9.17) is 18.7 Å². The lowest BCUT2D eigenvalue weighted by atomic mass is 10.0. The van der Waals surface area contributed by atoms with Gasteiger partial charge in [0.25, 0.3) is 0 Å². The van der Waals surface area contributed by atoms with Crippen LogP contribution in [0.4, 0.5) is 0 Å². The number of nitriles is 1. The smallest absolute Gasteiger partial charge is 0.167 e. The van der Waals surface area contributed by atoms with Gasteiger partial charge in [-0.1, -0.05) is 5.16 Å². The number of benzene rings is 2. The van der Waals surface area contributed by atoms with E-state index in [9.17, 15) is 5.26 Å². The Morgan fingerprint density at radius 1 is 0.963 bits per heavy atom. The van der Waals surface area contributed by atoms with Crippen LogP contribution in [-0.4, -0.2) is 26.5 Å². The van der Waals surface area contributed by atoms with Crippen LogP contribution in [-0.2, 0) is 0 Å². The molecule has 0 aliphatic rings. The van der Waals surface area contributed by atoms with Crippen molar-refractivity contribution in [2.45, 2.75) is 0 Å². The van der Waals surface area contributed by atoms with Gasteiger partial charge >= 0.3 is 0 Å². The molecule has 3 aromatic rings. The van der Waals surface area contributed by atoms with Gasteiger partial charge in [0.2, 0.25) is 0 Å². The molecule has 0 atom stereocenters. The molecule has 2 aromatic carbocycles. The number of rotatable bonds is 6. The van der Waals surface area contributed by atoms with Crippen molar-refractivity contribution in [2.75, 3.05) is 21.3 Å². The lowest BCUT2D eigenvalue weighted by Crippen LogP contribution is -1.92. The monoisotopic (exact) mass is 362 g/mol. The lowest BCUT2D eigenvalue weighted by molar-refractivity contribution is 0.355. The van der Waals surface area contributed by atoms with Crippen molar-refractivity contribution in [1.82, 2.24) is 5.16 Å². The van der Waals surface area contributed by atoms with E-state index in [-0.39, 0.29) is 0 Å². The van der Waals surface area contributed by atoms with Gasteiger partial charge in [-0.2, -0.15) is 5.26 Å². The highest BCUT2D eigenvalue weighted by molar-refractivity contribution is 5.89. The van der Waals surface area contributed by atoms with E-state index < -0.39 is 0 Å². The van der Waals surface area contributed by atoms with Gasteiger partial charge in [0, 0.05) is 11.6 Å². The van der Waals surface area contributed by atoms with Gasteiger partial charge in [-0.05, 0) is 54.1 Å². The molecule has 0 saturated heterocycles. The van der Waals surface area contributed by atoms with Crippen molar-refractivity contribution in [3.8, 4) is 34.6 Å². The summed E-state index contributed by atoms with van der Waals surface area (Å²) in [6, 6.07) is 16.7. The second kappa shape index (κ2) is 8.11. The van der Waals surface area contributed by atoms with Crippen molar-refractivity contribution in [3.63, 3.8) is 0 Å². The van der Waals surface area contributed by atoms with Gasteiger partial charge < -0.3 is 18.7 Å². The largest absolute Gasteiger partial charge is 0.497 e. The standard InChI is InChI=1S/C21H18N2O4/c1-24-18-7-4-14(5-8-18)20-12-17(23-27-20)10-16(13-22)15-6-9-19(25-2)21(11-15)26-3/h4-12H,1-3H3/b16-10+. The molecule has 27 heavy (non-hydrogen) atoms. The van der Waals surface area contributed by atoms with Gasteiger partial charge in [0.15, 0.2) is 17.3 Å². The van der Waals surface area contributed by atoms with Crippen LogP contribution in [0.3, 0.4) is 0 Å². The Labute approximate surface area is 157 Å². The van der Waals surface area contributed by atoms with E-state index in [1.165, 1.54) is 0 Å². The highest BCUT2D eigenvalue weighted by Crippen LogP contribution is 2.31. The molecule has 0 amide bonds. The van der Waals surface area contributed by atoms with Crippen LogP contribution in [0, 0.1) is 11.3 Å². The summed E-state index contributed by atoms with van der Waals surface area (Å²) in [4.78, 5) is 0. The second-order valence-corrected chi connectivity index (χ2v) is 5.58. The van der Waals surface area contributed by atoms with Crippen LogP contribution < -0.4 is 14.2 Å². The van der Waals surface area contributed by atoms with E-state index in [1.54, 1.807) is 51.7 Å². The van der Waals surface area contributed by atoms with E-state index in [2.05, 4.69) is 11.2 Å². The third-order valence-corrected chi connectivity index (χ3v) is 4.01. The van der Waals surface area contributed by atoms with Gasteiger partial charge in [-0.3, -0.25) is 0 Å². The Hall–Kier alpha value is -3.72. The van der Waals surface area contributed by atoms with Crippen LogP contribution >= 0.6 is 0 Å². The predicted octanol–water partition coefficient (Wildman–Crippen LogP) is 4.43. The molecule has 1 aromatic heterocycles. The average molecular weight is 362 g/mol. The van der Waals surface area contributed by atoms with Crippen LogP contribution in [0.1, 0.15) is 11.3 Å². The van der Waals surface area contributed by atoms with Crippen LogP contribution in [0.15, 0.2) is 53.1 Å². The van der Waals surface area contributed by atoms with Crippen LogP contribution in [0.25, 0.3) is 23.0 Å². The van der Waals surface area contributed by atoms with Crippen molar-refractivity contribution >= 4 is 11.6 Å². The first-order chi connectivity index (χ1) is 13.2. The maximum absolute atomic E-state index is 9.55. The minimum atomic E-state index is 0.436. The summed E-state index contributed by atoms with van der Waals surface area (Å²) in [5.41, 5.74) is 2.55. The molecule has 0 aliphatic heterocycles. The van der Waals surface area contributed by atoms with Crippen molar-refractivity contribution < 1.29 is 18.7 Å². The second-order valence-electron chi connectivity index (χ2n) is 5.58. The highest BCUT2D eigenvalue weighted by Gasteiger charge is 2.10. The van der Waals surface area contributed by atoms with Gasteiger partial charge in [-0.15, -0.1) is 0 Å². The number of allylic oxidation sites excluding steroid dienone is 1. The average Bonchev–Trinajstić information content (AvgIpc) is 3.20. The minimum Gasteiger partial charge on any atom is -0.497 e. The molecule has 3 rings (SSSR count). The summed E-state index contributed by atoms with van der Waals surface area (Å²) < 4.78 is 21.1. The molecule has 136 valence electrons. The molecule has 0 bridgehead atoms. The number of hydrogen-bond acceptors (Lipinski definition) is 6. The maximum atomic E-state index is 9.55. The fourth-order valence-corrected chi connectivity index (χ4v) is 2.58. The number of ether oxygens (including phenoxy) is 3. The Bertz CT molecular complexity index is 998. The van der Waals surface area contributed by atoms with Gasteiger partial charge in [0.05, 0.1) is 33.0 Å². The first-order valence-electron chi connectivity index (χ1n) is 8.14. The number of aromatic nitrogens is 1. The van der Waals surface area contributed by atoms with Gasteiger partial charge in [-0.25, -0.2) is 0 Å². The Kier molecular flexibility index (Phi) is 5.43. The summed E-state index contributed by atoms with van der Waals surface area (Å²) in [6.45, 7) is 0. The van der Waals surface area contributed by atoms with Crippen molar-refractivity contribution in [2.24, 2.45) is 0 Å². The fourth-order valence-electron chi connectivity index (χ4n) is 2.58. The van der Waals surface area contributed by atoms with Crippen LogP contribution in [0.5, 0.6) is 17.2 Å². The Morgan fingerprint density at radius 3 is 2.33 bits per heavy atom. The normalized spacial score (nSPS) is 11.0. The first-order valence-corrected chi connectivity index (χ1v) is 8.14. The van der Waals surface area contributed by atoms with E-state index in [0.29, 0.717) is 34.1 Å². The maximum Gasteiger partial charge on any atom is 0.167 e. The summed E-state index contributed by atoms with van der Waals surface area (Å²) >= 11 is 0. The van der Waals surface area contributed by atoms with E-state index in [0.717, 1.165) is 11.3 Å². The van der Waals surface area contributed by atoms with Crippen molar-refractivity contribution in [3.05, 3.63) is 59.8 Å². The number of nitrogens with zero attached hydrogens (tertiary/aromatic N) is 2. The van der Waals surface area contributed by atoms with Gasteiger partial charge in [0.1, 0.15) is 11.4 Å². The lowest BCUT2D eigenvalue weighted by Gasteiger charge is -2.08. The molecule has 6 nitrogen and oxygen atoms in total. The molecule has 6 heteroatoms. The quantitative estimate of drug-likeness (QED) is 0.604. The van der Waals surface area contributed by atoms with E-state index in [1.807, 2.05) is 24.3 Å². The molecule has 0 radical (unpaired) electrons. The molecular formula is C21H18N2O4. The first kappa shape index (κ1) is 18.1. The summed E-state index contributed by atoms with van der Waals surface area (Å²) in [5.74, 6) is 2.52. The summed E-state index contributed by atoms with van der Waals surface area (Å²) in [5, 5.41) is 13.6.